The van der Waals surface area contributed by atoms with E-state index in [2.05, 4.69) is 32.1 Å². The summed E-state index contributed by atoms with van der Waals surface area (Å²) in [5.41, 5.74) is 2.06. The lowest BCUT2D eigenvalue weighted by molar-refractivity contribution is -0.117. The maximum Gasteiger partial charge on any atom is 0.227 e. The van der Waals surface area contributed by atoms with Crippen molar-refractivity contribution in [3.63, 3.8) is 0 Å². The highest BCUT2D eigenvalue weighted by Gasteiger charge is 2.33. The van der Waals surface area contributed by atoms with E-state index >= 15 is 0 Å². The van der Waals surface area contributed by atoms with Crippen molar-refractivity contribution in [1.82, 2.24) is 14.7 Å². The molecule has 2 atom stereocenters. The van der Waals surface area contributed by atoms with Gasteiger partial charge in [0, 0.05) is 31.2 Å². The highest BCUT2D eigenvalue weighted by molar-refractivity contribution is 7.07. The fraction of sp³-hybridized carbons (Fsp3) is 0.529. The van der Waals surface area contributed by atoms with E-state index < -0.39 is 0 Å². The van der Waals surface area contributed by atoms with Crippen molar-refractivity contribution in [1.29, 1.82) is 0 Å². The predicted octanol–water partition coefficient (Wildman–Crippen LogP) is 2.10. The van der Waals surface area contributed by atoms with Crippen LogP contribution in [0.2, 0.25) is 0 Å². The Morgan fingerprint density at radius 3 is 3.04 bits per heavy atom. The molecule has 7 heteroatoms. The lowest BCUT2D eigenvalue weighted by Gasteiger charge is -2.21. The highest BCUT2D eigenvalue weighted by Crippen LogP contribution is 2.31. The molecule has 1 saturated heterocycles. The second-order valence-corrected chi connectivity index (χ2v) is 7.54. The lowest BCUT2D eigenvalue weighted by atomic mass is 10.2. The Balaban J connectivity index is 1.40. The molecule has 1 amide bonds. The summed E-state index contributed by atoms with van der Waals surface area (Å²) >= 11 is 1.70. The molecule has 0 aromatic carbocycles. The number of carbonyl (C=O) groups is 1. The molecule has 1 aliphatic carbocycles. The fourth-order valence-electron chi connectivity index (χ4n) is 3.34. The monoisotopic (exact) mass is 346 g/mol. The van der Waals surface area contributed by atoms with Gasteiger partial charge in [0.05, 0.1) is 24.5 Å². The molecule has 2 N–H and O–H groups in total. The zero-order valence-corrected chi connectivity index (χ0v) is 14.3. The van der Waals surface area contributed by atoms with Gasteiger partial charge in [-0.05, 0) is 41.7 Å². The van der Waals surface area contributed by atoms with Crippen molar-refractivity contribution in [3.8, 4) is 0 Å². The quantitative estimate of drug-likeness (QED) is 0.840. The van der Waals surface area contributed by atoms with Crippen LogP contribution in [-0.4, -0.2) is 44.9 Å². The molecule has 3 heterocycles. The number of hydrogen-bond donors (Lipinski definition) is 2. The molecule has 0 radical (unpaired) electrons. The number of aliphatic hydroxyl groups is 1. The Bertz CT molecular complexity index is 695. The fourth-order valence-corrected chi connectivity index (χ4v) is 4.00. The molecule has 128 valence electrons. The average molecular weight is 346 g/mol. The predicted molar refractivity (Wildman–Crippen MR) is 92.8 cm³/mol. The first kappa shape index (κ1) is 15.8. The van der Waals surface area contributed by atoms with Crippen LogP contribution >= 0.6 is 11.3 Å². The number of rotatable bonds is 6. The number of likely N-dealkylation sites (tertiary alicyclic amines) is 1. The largest absolute Gasteiger partial charge is 0.395 e. The molecule has 6 nitrogen and oxygen atoms in total. The van der Waals surface area contributed by atoms with E-state index in [9.17, 15) is 9.90 Å². The molecule has 2 aromatic heterocycles. The molecule has 0 unspecified atom stereocenters. The van der Waals surface area contributed by atoms with E-state index in [1.165, 1.54) is 5.56 Å². The van der Waals surface area contributed by atoms with Crippen molar-refractivity contribution in [2.75, 3.05) is 18.5 Å². The van der Waals surface area contributed by atoms with Gasteiger partial charge in [0.1, 0.15) is 0 Å². The van der Waals surface area contributed by atoms with Gasteiger partial charge in [-0.1, -0.05) is 0 Å². The number of nitrogens with zero attached hydrogens (tertiary/aromatic N) is 3. The summed E-state index contributed by atoms with van der Waals surface area (Å²) in [5.74, 6) is 0.299. The van der Waals surface area contributed by atoms with Gasteiger partial charge in [0.2, 0.25) is 5.91 Å². The number of aromatic nitrogens is 2. The number of anilines is 1. The zero-order valence-electron chi connectivity index (χ0n) is 13.5. The van der Waals surface area contributed by atoms with E-state index in [0.717, 1.165) is 38.0 Å². The van der Waals surface area contributed by atoms with Gasteiger partial charge in [0.15, 0.2) is 0 Å². The molecule has 1 aliphatic heterocycles. The summed E-state index contributed by atoms with van der Waals surface area (Å²) in [6, 6.07) is 2.52. The van der Waals surface area contributed by atoms with Crippen LogP contribution in [0.25, 0.3) is 0 Å². The second kappa shape index (κ2) is 6.66. The Labute approximate surface area is 145 Å². The average Bonchev–Trinajstić information content (AvgIpc) is 2.98. The molecule has 0 bridgehead atoms. The topological polar surface area (TPSA) is 70.4 Å². The van der Waals surface area contributed by atoms with Crippen LogP contribution < -0.4 is 5.32 Å². The molecule has 1 saturated carbocycles. The number of aliphatic hydroxyl groups excluding tert-OH is 1. The van der Waals surface area contributed by atoms with Crippen LogP contribution in [0.5, 0.6) is 0 Å². The summed E-state index contributed by atoms with van der Waals surface area (Å²) in [6.45, 7) is 1.88. The number of amides is 1. The minimum Gasteiger partial charge on any atom is -0.395 e. The molecule has 4 rings (SSSR count). The van der Waals surface area contributed by atoms with E-state index in [1.54, 1.807) is 17.5 Å². The summed E-state index contributed by atoms with van der Waals surface area (Å²) in [5, 5.41) is 21.3. The van der Waals surface area contributed by atoms with E-state index in [4.69, 9.17) is 0 Å². The highest BCUT2D eigenvalue weighted by atomic mass is 32.1. The minimum atomic E-state index is 0.105. The third-order valence-electron chi connectivity index (χ3n) is 4.87. The maximum absolute atomic E-state index is 11.8. The molecular weight excluding hydrogens is 324 g/mol. The molecule has 24 heavy (non-hydrogen) atoms. The van der Waals surface area contributed by atoms with Crippen molar-refractivity contribution < 1.29 is 9.90 Å². The Hall–Kier alpha value is -1.70. The molecule has 2 fully saturated rings. The lowest BCUT2D eigenvalue weighted by Crippen LogP contribution is -2.31. The van der Waals surface area contributed by atoms with E-state index in [1.807, 2.05) is 10.9 Å². The second-order valence-electron chi connectivity index (χ2n) is 6.76. The normalized spacial score (nSPS) is 24.4. The van der Waals surface area contributed by atoms with Crippen molar-refractivity contribution in [3.05, 3.63) is 34.8 Å². The Kier molecular flexibility index (Phi) is 4.39. The Morgan fingerprint density at radius 1 is 1.46 bits per heavy atom. The van der Waals surface area contributed by atoms with Crippen LogP contribution in [0.1, 0.15) is 30.9 Å². The van der Waals surface area contributed by atoms with Gasteiger partial charge in [-0.3, -0.25) is 14.4 Å². The third-order valence-corrected chi connectivity index (χ3v) is 5.61. The van der Waals surface area contributed by atoms with Gasteiger partial charge >= 0.3 is 0 Å². The van der Waals surface area contributed by atoms with Gasteiger partial charge in [-0.2, -0.15) is 16.4 Å². The van der Waals surface area contributed by atoms with Gasteiger partial charge in [-0.25, -0.2) is 0 Å². The number of nitrogens with one attached hydrogen (secondary N) is 1. The first-order valence-electron chi connectivity index (χ1n) is 8.44. The van der Waals surface area contributed by atoms with Crippen LogP contribution in [0, 0.1) is 5.92 Å². The summed E-state index contributed by atoms with van der Waals surface area (Å²) in [6.07, 6.45) is 6.50. The van der Waals surface area contributed by atoms with E-state index in [0.29, 0.717) is 0 Å². The van der Waals surface area contributed by atoms with Crippen LogP contribution in [0.3, 0.4) is 0 Å². The zero-order chi connectivity index (χ0) is 16.5. The first-order valence-corrected chi connectivity index (χ1v) is 9.38. The smallest absolute Gasteiger partial charge is 0.227 e. The van der Waals surface area contributed by atoms with Gasteiger partial charge < -0.3 is 10.4 Å². The minimum absolute atomic E-state index is 0.105. The first-order chi connectivity index (χ1) is 11.7. The van der Waals surface area contributed by atoms with Gasteiger partial charge in [-0.15, -0.1) is 0 Å². The number of carbonyl (C=O) groups excluding carboxylic acids is 1. The standard InChI is InChI=1S/C17H22N4O2S/c22-10-16-5-15(9-20(16)7-12-3-4-24-11-12)21-8-14(6-18-21)19-17(23)13-1-2-13/h3-4,6,8,11,13,15-16,22H,1-2,5,7,9-10H2,(H,19,23)/t15-,16-/m0/s1. The van der Waals surface area contributed by atoms with Gasteiger partial charge in [0.25, 0.3) is 0 Å². The van der Waals surface area contributed by atoms with E-state index in [-0.39, 0.29) is 30.5 Å². The van der Waals surface area contributed by atoms with Crippen molar-refractivity contribution in [2.45, 2.75) is 37.9 Å². The summed E-state index contributed by atoms with van der Waals surface area (Å²) < 4.78 is 1.93. The van der Waals surface area contributed by atoms with Crippen molar-refractivity contribution >= 4 is 22.9 Å². The van der Waals surface area contributed by atoms with Crippen molar-refractivity contribution in [2.24, 2.45) is 5.92 Å². The SMILES string of the molecule is O=C(Nc1cnn([C@H]2C[C@@H](CO)N(Cc3ccsc3)C2)c1)C1CC1. The van der Waals surface area contributed by atoms with Crippen LogP contribution in [-0.2, 0) is 11.3 Å². The molecular formula is C17H22N4O2S. The molecule has 0 spiro atoms. The molecule has 2 aromatic rings. The summed E-state index contributed by atoms with van der Waals surface area (Å²) in [7, 11) is 0. The number of thiophene rings is 1. The third kappa shape index (κ3) is 3.38. The van der Waals surface area contributed by atoms with Crippen LogP contribution in [0.15, 0.2) is 29.2 Å². The Morgan fingerprint density at radius 2 is 2.33 bits per heavy atom. The van der Waals surface area contributed by atoms with Crippen LogP contribution in [0.4, 0.5) is 5.69 Å². The number of hydrogen-bond acceptors (Lipinski definition) is 5. The maximum atomic E-state index is 11.8. The summed E-state index contributed by atoms with van der Waals surface area (Å²) in [4.78, 5) is 14.2. The molecule has 2 aliphatic rings.